The van der Waals surface area contributed by atoms with E-state index in [1.165, 1.54) is 17.8 Å². The largest absolute Gasteiger partial charge is 0.505 e. The fraction of sp³-hybridized carbons (Fsp3) is 0.261. The van der Waals surface area contributed by atoms with E-state index < -0.39 is 23.6 Å². The molecule has 2 heterocycles. The number of aromatic nitrogens is 1. The van der Waals surface area contributed by atoms with Crippen LogP contribution in [0.15, 0.2) is 57.9 Å². The Bertz CT molecular complexity index is 1170. The molecule has 0 spiro atoms. The van der Waals surface area contributed by atoms with Gasteiger partial charge in [0, 0.05) is 24.4 Å². The fourth-order valence-electron chi connectivity index (χ4n) is 3.21. The van der Waals surface area contributed by atoms with Gasteiger partial charge in [-0.05, 0) is 26.0 Å². The molecule has 9 nitrogen and oxygen atoms in total. The number of aryl methyl sites for hydroxylation is 2. The molecule has 32 heavy (non-hydrogen) atoms. The predicted molar refractivity (Wildman–Crippen MR) is 118 cm³/mol. The number of carbonyl (C=O) groups excluding carboxylic acids is 2. The molecule has 2 amide bonds. The molecule has 0 aliphatic rings. The van der Waals surface area contributed by atoms with Gasteiger partial charge in [0.15, 0.2) is 5.69 Å². The number of nitrogens with one attached hydrogen (secondary N) is 2. The number of amides is 2. The lowest BCUT2D eigenvalue weighted by molar-refractivity contribution is -0.143. The summed E-state index contributed by atoms with van der Waals surface area (Å²) in [7, 11) is 1.51. The van der Waals surface area contributed by atoms with Crippen LogP contribution in [0.2, 0.25) is 0 Å². The molecule has 0 aliphatic heterocycles. The number of nitrogens with zero attached hydrogens (tertiary/aromatic N) is 1. The molecular weight excluding hydrogens is 414 g/mol. The van der Waals surface area contributed by atoms with Gasteiger partial charge in [-0.25, -0.2) is 4.79 Å². The number of ether oxygens (including phenoxy) is 1. The van der Waals surface area contributed by atoms with Crippen LogP contribution in [0, 0.1) is 6.92 Å². The zero-order valence-electron chi connectivity index (χ0n) is 18.0. The van der Waals surface area contributed by atoms with Gasteiger partial charge in [0.1, 0.15) is 17.3 Å². The molecule has 1 aromatic carbocycles. The van der Waals surface area contributed by atoms with E-state index in [-0.39, 0.29) is 24.5 Å². The Hall–Kier alpha value is -4.01. The number of anilines is 1. The second kappa shape index (κ2) is 9.86. The van der Waals surface area contributed by atoms with Gasteiger partial charge in [0.25, 0.3) is 5.56 Å². The Morgan fingerprint density at radius 2 is 1.91 bits per heavy atom. The van der Waals surface area contributed by atoms with Crippen molar-refractivity contribution in [2.24, 2.45) is 7.05 Å². The lowest BCUT2D eigenvalue weighted by Gasteiger charge is -2.17. The van der Waals surface area contributed by atoms with E-state index in [1.807, 2.05) is 30.3 Å². The summed E-state index contributed by atoms with van der Waals surface area (Å²) >= 11 is 0. The van der Waals surface area contributed by atoms with Gasteiger partial charge in [0.2, 0.25) is 0 Å². The summed E-state index contributed by atoms with van der Waals surface area (Å²) in [5.74, 6) is 0.0645. The number of carbonyl (C=O) groups is 2. The number of furan rings is 1. The van der Waals surface area contributed by atoms with E-state index in [9.17, 15) is 19.5 Å². The van der Waals surface area contributed by atoms with Gasteiger partial charge in [-0.3, -0.25) is 9.59 Å². The molecule has 0 saturated carbocycles. The fourth-order valence-corrected chi connectivity index (χ4v) is 3.21. The molecule has 0 unspecified atom stereocenters. The highest BCUT2D eigenvalue weighted by molar-refractivity contribution is 5.91. The van der Waals surface area contributed by atoms with Crippen molar-refractivity contribution in [2.75, 3.05) is 11.9 Å². The number of pyridine rings is 1. The number of hydrogen-bond acceptors (Lipinski definition) is 6. The maximum atomic E-state index is 12.7. The second-order valence-corrected chi connectivity index (χ2v) is 7.18. The summed E-state index contributed by atoms with van der Waals surface area (Å²) in [5, 5.41) is 15.2. The number of rotatable bonds is 7. The first-order chi connectivity index (χ1) is 15.3. The minimum atomic E-state index is -0.859. The average molecular weight is 439 g/mol. The van der Waals surface area contributed by atoms with Crippen molar-refractivity contribution in [3.63, 3.8) is 0 Å². The van der Waals surface area contributed by atoms with Crippen LogP contribution >= 0.6 is 0 Å². The van der Waals surface area contributed by atoms with Gasteiger partial charge in [-0.1, -0.05) is 30.3 Å². The van der Waals surface area contributed by atoms with Crippen LogP contribution in [-0.4, -0.2) is 28.3 Å². The number of hydrogen-bond donors (Lipinski definition) is 3. The Morgan fingerprint density at radius 3 is 2.59 bits per heavy atom. The van der Waals surface area contributed by atoms with Crippen LogP contribution in [0.4, 0.5) is 10.5 Å². The minimum absolute atomic E-state index is 0.180. The highest BCUT2D eigenvalue weighted by Gasteiger charge is 2.24. The molecule has 0 fully saturated rings. The van der Waals surface area contributed by atoms with Gasteiger partial charge >= 0.3 is 12.0 Å². The van der Waals surface area contributed by atoms with Crippen molar-refractivity contribution >= 4 is 17.7 Å². The summed E-state index contributed by atoms with van der Waals surface area (Å²) in [6.45, 7) is 3.48. The van der Waals surface area contributed by atoms with E-state index >= 15 is 0 Å². The monoisotopic (exact) mass is 439 g/mol. The highest BCUT2D eigenvalue weighted by atomic mass is 16.5. The number of esters is 1. The SMILES string of the molecule is CCOC(=O)C[C@H](NC(=O)Nc1c(O)c(C)cn(C)c1=O)c1ccc(-c2ccccc2)o1. The molecule has 3 N–H and O–H groups in total. The zero-order chi connectivity index (χ0) is 23.3. The van der Waals surface area contributed by atoms with Crippen LogP contribution in [0.1, 0.15) is 30.7 Å². The van der Waals surface area contributed by atoms with Crippen LogP contribution in [0.25, 0.3) is 11.3 Å². The Labute approximate surface area is 184 Å². The maximum absolute atomic E-state index is 12.7. The Balaban J connectivity index is 1.84. The third-order valence-electron chi connectivity index (χ3n) is 4.78. The lowest BCUT2D eigenvalue weighted by atomic mass is 10.1. The first-order valence-corrected chi connectivity index (χ1v) is 10.1. The molecule has 2 aromatic heterocycles. The van der Waals surface area contributed by atoms with Crippen LogP contribution in [0.5, 0.6) is 5.75 Å². The third-order valence-corrected chi connectivity index (χ3v) is 4.78. The molecular formula is C23H25N3O6. The van der Waals surface area contributed by atoms with Crippen LogP contribution < -0.4 is 16.2 Å². The van der Waals surface area contributed by atoms with E-state index in [0.29, 0.717) is 17.1 Å². The normalized spacial score (nSPS) is 11.6. The first kappa shape index (κ1) is 22.7. The van der Waals surface area contributed by atoms with E-state index in [2.05, 4.69) is 10.6 Å². The molecule has 9 heteroatoms. The molecule has 0 aliphatic carbocycles. The zero-order valence-corrected chi connectivity index (χ0v) is 18.0. The maximum Gasteiger partial charge on any atom is 0.320 e. The molecule has 3 aromatic rings. The van der Waals surface area contributed by atoms with E-state index in [4.69, 9.17) is 9.15 Å². The minimum Gasteiger partial charge on any atom is -0.505 e. The summed E-state index contributed by atoms with van der Waals surface area (Å²) in [4.78, 5) is 37.1. The third kappa shape index (κ3) is 5.18. The van der Waals surface area contributed by atoms with Crippen LogP contribution in [-0.2, 0) is 16.6 Å². The van der Waals surface area contributed by atoms with Gasteiger partial charge in [0.05, 0.1) is 19.1 Å². The second-order valence-electron chi connectivity index (χ2n) is 7.18. The molecule has 168 valence electrons. The molecule has 1 atom stereocenters. The van der Waals surface area contributed by atoms with E-state index in [0.717, 1.165) is 5.56 Å². The lowest BCUT2D eigenvalue weighted by Crippen LogP contribution is -2.36. The number of aromatic hydroxyl groups is 1. The van der Waals surface area contributed by atoms with Crippen molar-refractivity contribution in [2.45, 2.75) is 26.3 Å². The number of benzene rings is 1. The van der Waals surface area contributed by atoms with Crippen molar-refractivity contribution in [1.82, 2.24) is 9.88 Å². The average Bonchev–Trinajstić information content (AvgIpc) is 3.26. The van der Waals surface area contributed by atoms with E-state index in [1.54, 1.807) is 26.0 Å². The summed E-state index contributed by atoms with van der Waals surface area (Å²) in [5.41, 5.74) is 0.425. The standard InChI is InChI=1S/C23H25N3O6/c1-4-31-19(27)12-16(18-11-10-17(32-18)15-8-6-5-7-9-15)24-23(30)25-20-21(28)14(2)13-26(3)22(20)29/h5-11,13,16,28H,4,12H2,1-3H3,(H2,24,25,30)/t16-/m0/s1. The van der Waals surface area contributed by atoms with Gasteiger partial charge < -0.3 is 29.5 Å². The smallest absolute Gasteiger partial charge is 0.320 e. The molecule has 3 rings (SSSR count). The van der Waals surface area contributed by atoms with Crippen LogP contribution in [0.3, 0.4) is 0 Å². The van der Waals surface area contributed by atoms with Crippen molar-refractivity contribution in [3.05, 3.63) is 70.3 Å². The molecule has 0 saturated heterocycles. The predicted octanol–water partition coefficient (Wildman–Crippen LogP) is 3.48. The summed E-state index contributed by atoms with van der Waals surface area (Å²) < 4.78 is 12.1. The van der Waals surface area contributed by atoms with Crippen molar-refractivity contribution < 1.29 is 23.8 Å². The Kier molecular flexibility index (Phi) is 6.99. The summed E-state index contributed by atoms with van der Waals surface area (Å²) in [6.07, 6.45) is 1.28. The van der Waals surface area contributed by atoms with Crippen molar-refractivity contribution in [3.8, 4) is 17.1 Å². The van der Waals surface area contributed by atoms with Gasteiger partial charge in [-0.2, -0.15) is 0 Å². The van der Waals surface area contributed by atoms with Crippen molar-refractivity contribution in [1.29, 1.82) is 0 Å². The highest BCUT2D eigenvalue weighted by Crippen LogP contribution is 2.28. The Morgan fingerprint density at radius 1 is 1.19 bits per heavy atom. The quantitative estimate of drug-likeness (QED) is 0.485. The molecule has 0 radical (unpaired) electrons. The first-order valence-electron chi connectivity index (χ1n) is 10.1. The summed E-state index contributed by atoms with van der Waals surface area (Å²) in [6, 6.07) is 11.1. The van der Waals surface area contributed by atoms with Gasteiger partial charge in [-0.15, -0.1) is 0 Å². The molecule has 0 bridgehead atoms. The number of urea groups is 1. The topological polar surface area (TPSA) is 123 Å².